The second-order valence-corrected chi connectivity index (χ2v) is 7.04. The molecule has 0 aromatic heterocycles. The van der Waals surface area contributed by atoms with E-state index < -0.39 is 0 Å². The lowest BCUT2D eigenvalue weighted by Crippen LogP contribution is -2.15. The molecule has 0 fully saturated rings. The Morgan fingerprint density at radius 1 is 0.952 bits per heavy atom. The summed E-state index contributed by atoms with van der Waals surface area (Å²) >= 11 is 0. The summed E-state index contributed by atoms with van der Waals surface area (Å²) in [6.07, 6.45) is 2.08. The molecule has 0 aliphatic heterocycles. The van der Waals surface area contributed by atoms with E-state index in [1.54, 1.807) is 0 Å². The summed E-state index contributed by atoms with van der Waals surface area (Å²) in [6.45, 7) is 8.80. The summed E-state index contributed by atoms with van der Waals surface area (Å²) in [7, 11) is 0. The van der Waals surface area contributed by atoms with E-state index in [0.29, 0.717) is 0 Å². The summed E-state index contributed by atoms with van der Waals surface area (Å²) in [5.74, 6) is 0. The highest BCUT2D eigenvalue weighted by Crippen LogP contribution is 2.26. The first-order valence-electron chi connectivity index (χ1n) is 7.82. The molecule has 0 amide bonds. The second kappa shape index (κ2) is 6.44. The maximum atomic E-state index is 5.85. The third kappa shape index (κ3) is 4.44. The average Bonchev–Trinajstić information content (AvgIpc) is 2.45. The van der Waals surface area contributed by atoms with Gasteiger partial charge in [-0.2, -0.15) is 0 Å². The van der Waals surface area contributed by atoms with Crippen LogP contribution in [0.5, 0.6) is 0 Å². The number of hydrogen-bond acceptors (Lipinski definition) is 1. The van der Waals surface area contributed by atoms with Gasteiger partial charge in [-0.3, -0.25) is 0 Å². The van der Waals surface area contributed by atoms with E-state index in [9.17, 15) is 0 Å². The molecule has 112 valence electrons. The predicted octanol–water partition coefficient (Wildman–Crippen LogP) is 4.93. The summed E-state index contributed by atoms with van der Waals surface area (Å²) in [6, 6.07) is 18.0. The maximum Gasteiger partial charge on any atom is 0.00136 e. The SMILES string of the molecule is CC(N)CCc1cccc(-c2ccc(C(C)(C)C)cc2)c1. The normalized spacial score (nSPS) is 13.2. The Morgan fingerprint density at radius 2 is 1.62 bits per heavy atom. The first-order chi connectivity index (χ1) is 9.86. The molecule has 0 saturated heterocycles. The van der Waals surface area contributed by atoms with Crippen LogP contribution in [-0.2, 0) is 11.8 Å². The molecule has 0 heterocycles. The van der Waals surface area contributed by atoms with Crippen LogP contribution in [0.1, 0.15) is 45.2 Å². The number of benzene rings is 2. The highest BCUT2D eigenvalue weighted by atomic mass is 14.6. The Bertz CT molecular complexity index is 574. The van der Waals surface area contributed by atoms with E-state index in [1.807, 2.05) is 0 Å². The van der Waals surface area contributed by atoms with Crippen LogP contribution in [0.25, 0.3) is 11.1 Å². The zero-order valence-corrected chi connectivity index (χ0v) is 13.7. The van der Waals surface area contributed by atoms with Crippen LogP contribution in [-0.4, -0.2) is 6.04 Å². The zero-order chi connectivity index (χ0) is 15.5. The maximum absolute atomic E-state index is 5.85. The van der Waals surface area contributed by atoms with Crippen LogP contribution in [0.3, 0.4) is 0 Å². The van der Waals surface area contributed by atoms with Crippen molar-refractivity contribution in [1.82, 2.24) is 0 Å². The van der Waals surface area contributed by atoms with E-state index in [0.717, 1.165) is 12.8 Å². The molecule has 2 aromatic carbocycles. The molecule has 1 nitrogen and oxygen atoms in total. The van der Waals surface area contributed by atoms with Gasteiger partial charge in [0.05, 0.1) is 0 Å². The molecular formula is C20H27N. The van der Waals surface area contributed by atoms with Crippen molar-refractivity contribution in [1.29, 1.82) is 0 Å². The van der Waals surface area contributed by atoms with Crippen molar-refractivity contribution in [2.75, 3.05) is 0 Å². The van der Waals surface area contributed by atoms with E-state index in [-0.39, 0.29) is 11.5 Å². The van der Waals surface area contributed by atoms with Crippen molar-refractivity contribution < 1.29 is 0 Å². The lowest BCUT2D eigenvalue weighted by Gasteiger charge is -2.19. The molecule has 0 bridgehead atoms. The van der Waals surface area contributed by atoms with Crippen molar-refractivity contribution in [3.8, 4) is 11.1 Å². The van der Waals surface area contributed by atoms with Crippen LogP contribution in [0.4, 0.5) is 0 Å². The lowest BCUT2D eigenvalue weighted by molar-refractivity contribution is 0.590. The molecule has 2 aromatic rings. The van der Waals surface area contributed by atoms with Crippen LogP contribution in [0.15, 0.2) is 48.5 Å². The minimum absolute atomic E-state index is 0.206. The Balaban J connectivity index is 2.20. The van der Waals surface area contributed by atoms with E-state index in [4.69, 9.17) is 5.73 Å². The Labute approximate surface area is 129 Å². The fourth-order valence-electron chi connectivity index (χ4n) is 2.46. The lowest BCUT2D eigenvalue weighted by atomic mass is 9.86. The zero-order valence-electron chi connectivity index (χ0n) is 13.7. The Kier molecular flexibility index (Phi) is 4.84. The molecule has 1 unspecified atom stereocenters. The molecule has 1 heteroatoms. The van der Waals surface area contributed by atoms with E-state index >= 15 is 0 Å². The average molecular weight is 281 g/mol. The van der Waals surface area contributed by atoms with E-state index in [2.05, 4.69) is 76.2 Å². The Hall–Kier alpha value is -1.60. The molecule has 2 rings (SSSR count). The third-order valence-electron chi connectivity index (χ3n) is 3.90. The molecule has 1 atom stereocenters. The number of rotatable bonds is 4. The van der Waals surface area contributed by atoms with Crippen LogP contribution < -0.4 is 5.73 Å². The molecular weight excluding hydrogens is 254 g/mol. The highest BCUT2D eigenvalue weighted by Gasteiger charge is 2.13. The van der Waals surface area contributed by atoms with Gasteiger partial charge in [0.25, 0.3) is 0 Å². The van der Waals surface area contributed by atoms with Gasteiger partial charge in [-0.05, 0) is 47.4 Å². The predicted molar refractivity (Wildman–Crippen MR) is 92.5 cm³/mol. The van der Waals surface area contributed by atoms with Crippen LogP contribution in [0, 0.1) is 0 Å². The van der Waals surface area contributed by atoms with Gasteiger partial charge >= 0.3 is 0 Å². The van der Waals surface area contributed by atoms with Gasteiger partial charge < -0.3 is 5.73 Å². The fourth-order valence-corrected chi connectivity index (χ4v) is 2.46. The first kappa shape index (κ1) is 15.8. The van der Waals surface area contributed by atoms with Crippen molar-refractivity contribution in [3.05, 3.63) is 59.7 Å². The standard InChI is InChI=1S/C20H27N/c1-15(21)8-9-16-6-5-7-18(14-16)17-10-12-19(13-11-17)20(2,3)4/h5-7,10-15H,8-9,21H2,1-4H3. The van der Waals surface area contributed by atoms with Crippen molar-refractivity contribution in [3.63, 3.8) is 0 Å². The van der Waals surface area contributed by atoms with Gasteiger partial charge in [0, 0.05) is 6.04 Å². The minimum Gasteiger partial charge on any atom is -0.328 e. The van der Waals surface area contributed by atoms with Crippen LogP contribution >= 0.6 is 0 Å². The van der Waals surface area contributed by atoms with Crippen molar-refractivity contribution in [2.24, 2.45) is 5.73 Å². The molecule has 0 radical (unpaired) electrons. The topological polar surface area (TPSA) is 26.0 Å². The molecule has 21 heavy (non-hydrogen) atoms. The van der Waals surface area contributed by atoms with Crippen molar-refractivity contribution in [2.45, 2.75) is 52.0 Å². The summed E-state index contributed by atoms with van der Waals surface area (Å²) in [5.41, 5.74) is 11.4. The van der Waals surface area contributed by atoms with Gasteiger partial charge in [0.2, 0.25) is 0 Å². The summed E-state index contributed by atoms with van der Waals surface area (Å²) in [4.78, 5) is 0. The molecule has 2 N–H and O–H groups in total. The van der Waals surface area contributed by atoms with Crippen molar-refractivity contribution >= 4 is 0 Å². The molecule has 0 aliphatic rings. The second-order valence-electron chi connectivity index (χ2n) is 7.04. The van der Waals surface area contributed by atoms with E-state index in [1.165, 1.54) is 22.3 Å². The third-order valence-corrected chi connectivity index (χ3v) is 3.90. The largest absolute Gasteiger partial charge is 0.328 e. The number of nitrogens with two attached hydrogens (primary N) is 1. The quantitative estimate of drug-likeness (QED) is 0.844. The minimum atomic E-state index is 0.206. The molecule has 0 saturated carbocycles. The highest BCUT2D eigenvalue weighted by molar-refractivity contribution is 5.64. The molecule has 0 spiro atoms. The van der Waals surface area contributed by atoms with Gasteiger partial charge in [-0.25, -0.2) is 0 Å². The smallest absolute Gasteiger partial charge is 0.00136 e. The van der Waals surface area contributed by atoms with Gasteiger partial charge in [-0.1, -0.05) is 69.3 Å². The number of hydrogen-bond donors (Lipinski definition) is 1. The van der Waals surface area contributed by atoms with Gasteiger partial charge in [0.15, 0.2) is 0 Å². The van der Waals surface area contributed by atoms with Crippen LogP contribution in [0.2, 0.25) is 0 Å². The number of aryl methyl sites for hydroxylation is 1. The fraction of sp³-hybridized carbons (Fsp3) is 0.400. The Morgan fingerprint density at radius 3 is 2.19 bits per heavy atom. The van der Waals surface area contributed by atoms with Gasteiger partial charge in [-0.15, -0.1) is 0 Å². The summed E-state index contributed by atoms with van der Waals surface area (Å²) in [5, 5.41) is 0. The van der Waals surface area contributed by atoms with Gasteiger partial charge in [0.1, 0.15) is 0 Å². The summed E-state index contributed by atoms with van der Waals surface area (Å²) < 4.78 is 0. The molecule has 0 aliphatic carbocycles. The first-order valence-corrected chi connectivity index (χ1v) is 7.82. The monoisotopic (exact) mass is 281 g/mol.